The molecule has 0 radical (unpaired) electrons. The Bertz CT molecular complexity index is 1320. The first-order valence-electron chi connectivity index (χ1n) is 14.0. The van der Waals surface area contributed by atoms with Crippen LogP contribution in [0.25, 0.3) is 0 Å². The van der Waals surface area contributed by atoms with Gasteiger partial charge in [-0.2, -0.15) is 0 Å². The third-order valence-electron chi connectivity index (χ3n) is 10.1. The summed E-state index contributed by atoms with van der Waals surface area (Å²) in [6.07, 6.45) is 2.34. The molecule has 39 heavy (non-hydrogen) atoms. The predicted molar refractivity (Wildman–Crippen MR) is 126 cm³/mol. The molecule has 5 rings (SSSR count). The van der Waals surface area contributed by atoms with Gasteiger partial charge in [0.2, 0.25) is 0 Å². The standard InChI is InChI=1S/C27H27BF10N/c1-26(2)11-7-8-27(26,3)25(39-9-5-4-6-10-39)12(11)28(13-15(29)19(33)23(37)20(34)16(13)30)14-17(31)21(35)24(38)22(36)18(14)32/h11-12,25,28H,4-10H2,1-3H3/q-1/p+1/i28D/hD. The molecule has 12 heteroatoms. The largest absolute Gasteiger partial charge is 0.348 e. The molecule has 2 aliphatic carbocycles. The van der Waals surface area contributed by atoms with Crippen LogP contribution in [0.15, 0.2) is 0 Å². The molecule has 1 heterocycles. The van der Waals surface area contributed by atoms with Crippen LogP contribution in [0.4, 0.5) is 43.9 Å². The number of benzene rings is 2. The summed E-state index contributed by atoms with van der Waals surface area (Å²) in [5, 5.41) is 0. The zero-order chi connectivity index (χ0) is 30.6. The van der Waals surface area contributed by atoms with E-state index in [2.05, 4.69) is 0 Å². The zero-order valence-corrected chi connectivity index (χ0v) is 21.5. The summed E-state index contributed by atoms with van der Waals surface area (Å²) in [6.45, 7) is 0.759. The van der Waals surface area contributed by atoms with Gasteiger partial charge in [-0.05, 0) is 31.1 Å². The highest BCUT2D eigenvalue weighted by Gasteiger charge is 2.69. The van der Waals surface area contributed by atoms with E-state index in [1.54, 1.807) is 20.8 Å². The number of hydrogen-bond acceptors (Lipinski definition) is 0. The molecule has 4 atom stereocenters. The van der Waals surface area contributed by atoms with Gasteiger partial charge in [0, 0.05) is 5.41 Å². The lowest BCUT2D eigenvalue weighted by atomic mass is 9.29. The van der Waals surface area contributed by atoms with E-state index >= 15 is 17.6 Å². The second kappa shape index (κ2) is 9.41. The van der Waals surface area contributed by atoms with Gasteiger partial charge in [0.25, 0.3) is 0 Å². The number of piperidine rings is 1. The maximum absolute atomic E-state index is 15.6. The molecule has 2 aromatic rings. The van der Waals surface area contributed by atoms with Crippen LogP contribution in [-0.4, -0.2) is 27.1 Å². The van der Waals surface area contributed by atoms with Gasteiger partial charge in [-0.3, -0.25) is 0 Å². The Labute approximate surface area is 222 Å². The Kier molecular flexibility index (Phi) is 6.21. The fraction of sp³-hybridized carbons (Fsp3) is 0.556. The molecule has 1 N–H and O–H groups in total. The van der Waals surface area contributed by atoms with Crippen molar-refractivity contribution in [2.24, 2.45) is 16.7 Å². The van der Waals surface area contributed by atoms with Crippen LogP contribution < -0.4 is 15.8 Å². The molecule has 214 valence electrons. The Hall–Kier alpha value is -2.24. The van der Waals surface area contributed by atoms with Crippen LogP contribution in [0.1, 0.15) is 52.9 Å². The Balaban J connectivity index is 1.97. The molecule has 2 aromatic carbocycles. The number of likely N-dealkylation sites (tertiary alicyclic amines) is 1. The maximum atomic E-state index is 15.6. The van der Waals surface area contributed by atoms with E-state index in [1.807, 2.05) is 0 Å². The average Bonchev–Trinajstić information content (AvgIpc) is 3.26. The number of rotatable bonds is 4. The third kappa shape index (κ3) is 3.71. The Morgan fingerprint density at radius 3 is 1.46 bits per heavy atom. The van der Waals surface area contributed by atoms with E-state index in [4.69, 9.17) is 0 Å². The Morgan fingerprint density at radius 2 is 1.05 bits per heavy atom. The number of quaternary nitrogens is 1. The van der Waals surface area contributed by atoms with Gasteiger partial charge in [0.1, 0.15) is 23.3 Å². The van der Waals surface area contributed by atoms with Crippen molar-refractivity contribution in [2.45, 2.75) is 64.7 Å². The fourth-order valence-corrected chi connectivity index (χ4v) is 7.99. The van der Waals surface area contributed by atoms with E-state index in [9.17, 15) is 29.1 Å². The molecule has 0 spiro atoms. The van der Waals surface area contributed by atoms with Crippen molar-refractivity contribution in [3.63, 3.8) is 0 Å². The molecule has 0 aromatic heterocycles. The number of fused-ring (bicyclic) bond motifs is 2. The lowest BCUT2D eigenvalue weighted by Crippen LogP contribution is -3.18. The Morgan fingerprint density at radius 1 is 0.667 bits per heavy atom. The summed E-state index contributed by atoms with van der Waals surface area (Å²) in [5.74, 6) is -28.2. The minimum Gasteiger partial charge on any atom is -0.334 e. The van der Waals surface area contributed by atoms with Gasteiger partial charge >= 0.3 is 1.41 Å². The fourth-order valence-electron chi connectivity index (χ4n) is 7.99. The normalized spacial score (nSPS) is 30.4. The van der Waals surface area contributed by atoms with Crippen LogP contribution in [0.5, 0.6) is 0 Å². The third-order valence-corrected chi connectivity index (χ3v) is 10.1. The second-order valence-corrected chi connectivity index (χ2v) is 11.8. The first-order valence-corrected chi connectivity index (χ1v) is 12.9. The second-order valence-electron chi connectivity index (χ2n) is 11.8. The zero-order valence-electron chi connectivity index (χ0n) is 23.5. The van der Waals surface area contributed by atoms with Gasteiger partial charge in [-0.15, -0.1) is 16.7 Å². The molecular formula is C27H28BF10N. The summed E-state index contributed by atoms with van der Waals surface area (Å²) in [5.41, 5.74) is -5.76. The van der Waals surface area contributed by atoms with Crippen molar-refractivity contribution in [1.82, 2.24) is 0 Å². The van der Waals surface area contributed by atoms with Crippen LogP contribution in [-0.2, 0) is 0 Å². The van der Waals surface area contributed by atoms with Gasteiger partial charge in [-0.25, -0.2) is 45.2 Å². The molecule has 3 fully saturated rings. The van der Waals surface area contributed by atoms with E-state index in [-0.39, 0.29) is 19.5 Å². The summed E-state index contributed by atoms with van der Waals surface area (Å²) in [6, 6.07) is -1.17. The summed E-state index contributed by atoms with van der Waals surface area (Å²) in [7, 11) is 0. The highest BCUT2D eigenvalue weighted by Crippen LogP contribution is 2.69. The van der Waals surface area contributed by atoms with Crippen LogP contribution in [0.3, 0.4) is 0 Å². The van der Waals surface area contributed by atoms with Crippen molar-refractivity contribution >= 4 is 17.6 Å². The van der Waals surface area contributed by atoms with Crippen LogP contribution in [0.2, 0.25) is 7.23 Å². The lowest BCUT2D eigenvalue weighted by Gasteiger charge is -2.49. The maximum Gasteiger partial charge on any atom is 0.348 e. The minimum absolute atomic E-state index is 0.153. The van der Waals surface area contributed by atoms with Crippen molar-refractivity contribution in [3.8, 4) is 0 Å². The summed E-state index contributed by atoms with van der Waals surface area (Å²) < 4.78 is 168. The van der Waals surface area contributed by atoms with Crippen LogP contribution in [0, 0.1) is 74.9 Å². The topological polar surface area (TPSA) is 4.44 Å². The van der Waals surface area contributed by atoms with Crippen LogP contribution >= 0.6 is 0 Å². The molecule has 2 saturated carbocycles. The smallest absolute Gasteiger partial charge is 0.334 e. The first-order chi connectivity index (χ1) is 18.9. The summed E-state index contributed by atoms with van der Waals surface area (Å²) >= 11 is 0. The molecule has 3 aliphatic rings. The first kappa shape index (κ1) is 25.7. The van der Waals surface area contributed by atoms with Crippen molar-refractivity contribution in [1.29, 1.82) is 1.34 Å². The van der Waals surface area contributed by atoms with Crippen molar-refractivity contribution < 1.29 is 50.2 Å². The number of hydrogen-bond donors (Lipinski definition) is 1. The quantitative estimate of drug-likeness (QED) is 0.236. The predicted octanol–water partition coefficient (Wildman–Crippen LogP) is 4.68. The van der Waals surface area contributed by atoms with E-state index in [0.29, 0.717) is 19.3 Å². The highest BCUT2D eigenvalue weighted by molar-refractivity contribution is 6.86. The van der Waals surface area contributed by atoms with Gasteiger partial charge < -0.3 is 4.89 Å². The molecule has 1 aliphatic heterocycles. The molecule has 4 unspecified atom stereocenters. The lowest BCUT2D eigenvalue weighted by molar-refractivity contribution is -0.937. The molecule has 0 amide bonds. The van der Waals surface area contributed by atoms with Crippen molar-refractivity contribution in [2.75, 3.05) is 13.1 Å². The van der Waals surface area contributed by atoms with Crippen molar-refractivity contribution in [3.05, 3.63) is 58.2 Å². The number of nitrogens with one attached hydrogen (secondary N) is 1. The molecular weight excluding hydrogens is 539 g/mol. The van der Waals surface area contributed by atoms with Gasteiger partial charge in [0.05, 0.1) is 25.8 Å². The summed E-state index contributed by atoms with van der Waals surface area (Å²) in [4.78, 5) is -0.589. The van der Waals surface area contributed by atoms with E-state index in [1.165, 1.54) is 0 Å². The molecule has 1 saturated heterocycles. The SMILES string of the molecule is [2H][B-](c1c(F)c(F)c(F)c(F)c1F)(c1c(F)c(F)c(F)c(F)c1F)C1C2CCC(C)(C1[N+]1([2H])CCCCC1)C2(C)C. The molecule has 1 nitrogen and oxygen atoms in total. The van der Waals surface area contributed by atoms with Gasteiger partial charge in [0.15, 0.2) is 34.9 Å². The van der Waals surface area contributed by atoms with E-state index in [0.717, 1.165) is 6.42 Å². The monoisotopic (exact) mass is 569 g/mol. The highest BCUT2D eigenvalue weighted by atomic mass is 19.2. The van der Waals surface area contributed by atoms with Gasteiger partial charge in [-0.1, -0.05) is 33.1 Å². The number of halogens is 10. The minimum atomic E-state index is -4.74. The van der Waals surface area contributed by atoms with E-state index < -0.39 is 109 Å². The molecule has 2 bridgehead atoms. The average molecular weight is 569 g/mol.